The van der Waals surface area contributed by atoms with Crippen molar-refractivity contribution >= 4 is 45.5 Å². The molecule has 0 bridgehead atoms. The van der Waals surface area contributed by atoms with Gasteiger partial charge in [-0.1, -0.05) is 48.0 Å². The summed E-state index contributed by atoms with van der Waals surface area (Å²) in [5, 5.41) is 12.9. The number of halogens is 2. The number of pyridine rings is 1. The molecule has 7 heteroatoms. The van der Waals surface area contributed by atoms with Crippen LogP contribution in [0.5, 0.6) is 0 Å². The molecule has 0 spiro atoms. The third kappa shape index (κ3) is 3.54. The molecule has 5 rings (SSSR count). The van der Waals surface area contributed by atoms with Crippen LogP contribution in [0.4, 0.5) is 10.1 Å². The lowest BCUT2D eigenvalue weighted by Crippen LogP contribution is -2.29. The van der Waals surface area contributed by atoms with Gasteiger partial charge in [-0.2, -0.15) is 0 Å². The van der Waals surface area contributed by atoms with Gasteiger partial charge >= 0.3 is 0 Å². The van der Waals surface area contributed by atoms with Crippen LogP contribution in [-0.2, 0) is 9.59 Å². The Balaban J connectivity index is 1.73. The highest BCUT2D eigenvalue weighted by atomic mass is 35.5. The number of carbonyl (C=O) groups is 2. The number of aliphatic hydroxyl groups excluding tert-OH is 1. The number of amides is 1. The van der Waals surface area contributed by atoms with Crippen LogP contribution >= 0.6 is 11.6 Å². The molecule has 2 heterocycles. The number of fused-ring (bicyclic) bond motifs is 1. The lowest BCUT2D eigenvalue weighted by atomic mass is 9.95. The van der Waals surface area contributed by atoms with E-state index in [1.165, 1.54) is 29.4 Å². The molecule has 0 aliphatic carbocycles. The molecule has 1 atom stereocenters. The molecule has 162 valence electrons. The monoisotopic (exact) mass is 458 g/mol. The molecule has 1 saturated heterocycles. The largest absolute Gasteiger partial charge is 0.507 e. The highest BCUT2D eigenvalue weighted by Gasteiger charge is 2.47. The number of aromatic nitrogens is 1. The van der Waals surface area contributed by atoms with Crippen LogP contribution in [0.1, 0.15) is 17.2 Å². The first kappa shape index (κ1) is 20.8. The minimum atomic E-state index is -0.944. The molecule has 1 aromatic heterocycles. The average Bonchev–Trinajstić information content (AvgIpc) is 3.11. The van der Waals surface area contributed by atoms with Gasteiger partial charge in [0.2, 0.25) is 0 Å². The molecule has 0 radical (unpaired) electrons. The average molecular weight is 459 g/mol. The number of anilines is 1. The van der Waals surface area contributed by atoms with Crippen molar-refractivity contribution in [3.05, 3.63) is 113 Å². The van der Waals surface area contributed by atoms with E-state index >= 15 is 0 Å². The molecule has 4 aromatic rings. The smallest absolute Gasteiger partial charge is 0.300 e. The third-order valence-corrected chi connectivity index (χ3v) is 5.96. The summed E-state index contributed by atoms with van der Waals surface area (Å²) in [7, 11) is 0. The minimum Gasteiger partial charge on any atom is -0.507 e. The van der Waals surface area contributed by atoms with Gasteiger partial charge in [-0.05, 0) is 52.7 Å². The van der Waals surface area contributed by atoms with E-state index in [4.69, 9.17) is 11.6 Å². The predicted octanol–water partition coefficient (Wildman–Crippen LogP) is 5.65. The molecule has 1 unspecified atom stereocenters. The minimum absolute atomic E-state index is 0.0677. The molecule has 1 aliphatic heterocycles. The summed E-state index contributed by atoms with van der Waals surface area (Å²) in [5.74, 6) is -2.63. The van der Waals surface area contributed by atoms with Crippen LogP contribution in [0, 0.1) is 5.82 Å². The zero-order chi connectivity index (χ0) is 23.1. The molecular weight excluding hydrogens is 443 g/mol. The number of aliphatic hydroxyl groups is 1. The van der Waals surface area contributed by atoms with E-state index in [9.17, 15) is 19.1 Å². The van der Waals surface area contributed by atoms with Gasteiger partial charge in [0.15, 0.2) is 0 Å². The van der Waals surface area contributed by atoms with Crippen molar-refractivity contribution < 1.29 is 19.1 Å². The van der Waals surface area contributed by atoms with Gasteiger partial charge in [-0.25, -0.2) is 4.39 Å². The fourth-order valence-electron chi connectivity index (χ4n) is 4.09. The van der Waals surface area contributed by atoms with Gasteiger partial charge in [0.05, 0.1) is 16.6 Å². The standard InChI is InChI=1S/C26H16ClFN2O3/c27-20-14-19(7-8-21(20)28)30-23(16-9-11-29-12-10-16)22(25(32)26(30)33)24(31)18-6-5-15-3-1-2-4-17(15)13-18/h1-14,23,31H/b24-22-. The van der Waals surface area contributed by atoms with Crippen molar-refractivity contribution in [3.63, 3.8) is 0 Å². The number of hydrogen-bond donors (Lipinski definition) is 1. The van der Waals surface area contributed by atoms with Crippen molar-refractivity contribution in [2.24, 2.45) is 0 Å². The number of benzene rings is 3. The molecule has 1 amide bonds. The summed E-state index contributed by atoms with van der Waals surface area (Å²) in [6, 6.07) is 19.1. The summed E-state index contributed by atoms with van der Waals surface area (Å²) < 4.78 is 13.8. The number of rotatable bonds is 3. The summed E-state index contributed by atoms with van der Waals surface area (Å²) in [6.07, 6.45) is 3.06. The van der Waals surface area contributed by atoms with Crippen LogP contribution in [0.25, 0.3) is 16.5 Å². The lowest BCUT2D eigenvalue weighted by molar-refractivity contribution is -0.132. The molecular formula is C26H16ClFN2O3. The molecule has 33 heavy (non-hydrogen) atoms. The van der Waals surface area contributed by atoms with Crippen molar-refractivity contribution in [2.45, 2.75) is 6.04 Å². The maximum atomic E-state index is 13.8. The number of carbonyl (C=O) groups excluding carboxylic acids is 2. The van der Waals surface area contributed by atoms with E-state index in [1.54, 1.807) is 24.3 Å². The highest BCUT2D eigenvalue weighted by Crippen LogP contribution is 2.42. The second-order valence-electron chi connectivity index (χ2n) is 7.61. The Kier molecular flexibility index (Phi) is 5.15. The van der Waals surface area contributed by atoms with Gasteiger partial charge in [0.25, 0.3) is 11.7 Å². The first-order valence-electron chi connectivity index (χ1n) is 10.1. The number of ketones is 1. The molecule has 5 nitrogen and oxygen atoms in total. The fraction of sp³-hybridized carbons (Fsp3) is 0.0385. The van der Waals surface area contributed by atoms with Gasteiger partial charge in [-0.15, -0.1) is 0 Å². The van der Waals surface area contributed by atoms with E-state index in [-0.39, 0.29) is 22.0 Å². The van der Waals surface area contributed by atoms with E-state index in [0.717, 1.165) is 16.8 Å². The van der Waals surface area contributed by atoms with E-state index in [1.807, 2.05) is 30.3 Å². The molecule has 1 aliphatic rings. The van der Waals surface area contributed by atoms with Crippen molar-refractivity contribution in [2.75, 3.05) is 4.90 Å². The number of nitrogens with zero attached hydrogens (tertiary/aromatic N) is 2. The third-order valence-electron chi connectivity index (χ3n) is 5.67. The zero-order valence-corrected chi connectivity index (χ0v) is 17.8. The number of Topliss-reactive ketones (excluding diaryl/α,β-unsaturated/α-hetero) is 1. The van der Waals surface area contributed by atoms with Crippen molar-refractivity contribution in [1.29, 1.82) is 0 Å². The normalized spacial score (nSPS) is 17.6. The summed E-state index contributed by atoms with van der Waals surface area (Å²) >= 11 is 5.95. The van der Waals surface area contributed by atoms with E-state index < -0.39 is 23.5 Å². The Labute approximate surface area is 193 Å². The molecule has 1 N–H and O–H groups in total. The zero-order valence-electron chi connectivity index (χ0n) is 17.1. The highest BCUT2D eigenvalue weighted by molar-refractivity contribution is 6.51. The summed E-state index contributed by atoms with van der Waals surface area (Å²) in [6.45, 7) is 0. The first-order chi connectivity index (χ1) is 16.0. The van der Waals surface area contributed by atoms with Crippen molar-refractivity contribution in [3.8, 4) is 0 Å². The van der Waals surface area contributed by atoms with E-state index in [2.05, 4.69) is 4.98 Å². The maximum absolute atomic E-state index is 13.8. The molecule has 3 aromatic carbocycles. The fourth-order valence-corrected chi connectivity index (χ4v) is 4.26. The second-order valence-corrected chi connectivity index (χ2v) is 8.02. The van der Waals surface area contributed by atoms with Gasteiger partial charge in [0.1, 0.15) is 11.6 Å². The van der Waals surface area contributed by atoms with Gasteiger partial charge < -0.3 is 5.11 Å². The topological polar surface area (TPSA) is 70.5 Å². The Morgan fingerprint density at radius 2 is 1.67 bits per heavy atom. The van der Waals surface area contributed by atoms with Crippen LogP contribution < -0.4 is 4.90 Å². The second kappa shape index (κ2) is 8.15. The maximum Gasteiger partial charge on any atom is 0.300 e. The van der Waals surface area contributed by atoms with Crippen LogP contribution in [0.2, 0.25) is 5.02 Å². The Morgan fingerprint density at radius 1 is 0.939 bits per heavy atom. The van der Waals surface area contributed by atoms with Crippen LogP contribution in [-0.4, -0.2) is 21.8 Å². The van der Waals surface area contributed by atoms with Crippen molar-refractivity contribution in [1.82, 2.24) is 4.98 Å². The van der Waals surface area contributed by atoms with Crippen LogP contribution in [0.15, 0.2) is 90.8 Å². The first-order valence-corrected chi connectivity index (χ1v) is 10.5. The van der Waals surface area contributed by atoms with Crippen LogP contribution in [0.3, 0.4) is 0 Å². The predicted molar refractivity (Wildman–Crippen MR) is 124 cm³/mol. The number of hydrogen-bond acceptors (Lipinski definition) is 4. The van der Waals surface area contributed by atoms with E-state index in [0.29, 0.717) is 11.1 Å². The Hall–Kier alpha value is -4.03. The molecule has 1 fully saturated rings. The van der Waals surface area contributed by atoms with Gasteiger partial charge in [-0.3, -0.25) is 19.5 Å². The van der Waals surface area contributed by atoms with Gasteiger partial charge in [0, 0.05) is 23.6 Å². The quantitative estimate of drug-likeness (QED) is 0.244. The molecule has 0 saturated carbocycles. The summed E-state index contributed by atoms with van der Waals surface area (Å²) in [5.41, 5.74) is 1.14. The lowest BCUT2D eigenvalue weighted by Gasteiger charge is -2.25. The Bertz CT molecular complexity index is 1450. The summed E-state index contributed by atoms with van der Waals surface area (Å²) in [4.78, 5) is 31.5. The SMILES string of the molecule is O=C1C(=O)N(c2ccc(F)c(Cl)c2)C(c2ccncc2)/C1=C(/O)c1ccc2ccccc2c1. The Morgan fingerprint density at radius 3 is 2.39 bits per heavy atom.